The highest BCUT2D eigenvalue weighted by molar-refractivity contribution is 6.31. The van der Waals surface area contributed by atoms with Crippen molar-refractivity contribution in [2.75, 3.05) is 0 Å². The molecule has 2 N–H and O–H groups in total. The van der Waals surface area contributed by atoms with Gasteiger partial charge in [-0.05, 0) is 25.1 Å². The summed E-state index contributed by atoms with van der Waals surface area (Å²) >= 11 is 6.10. The van der Waals surface area contributed by atoms with Gasteiger partial charge >= 0.3 is 0 Å². The summed E-state index contributed by atoms with van der Waals surface area (Å²) in [6.45, 7) is 2.01. The van der Waals surface area contributed by atoms with Crippen LogP contribution >= 0.6 is 11.6 Å². The van der Waals surface area contributed by atoms with Crippen LogP contribution < -0.4 is 10.5 Å². The molecule has 2 aromatic carbocycles. The minimum Gasteiger partial charge on any atom is -0.485 e. The number of ether oxygens (including phenoxy) is 1. The maximum atomic E-state index is 14.0. The van der Waals surface area contributed by atoms with E-state index in [0.29, 0.717) is 22.8 Å². The summed E-state index contributed by atoms with van der Waals surface area (Å²) in [5.74, 6) is 0.351. The number of rotatable bonds is 1. The quantitative estimate of drug-likeness (QED) is 0.849. The van der Waals surface area contributed by atoms with Crippen molar-refractivity contribution in [3.63, 3.8) is 0 Å². The van der Waals surface area contributed by atoms with Crippen LogP contribution in [-0.4, -0.2) is 0 Å². The van der Waals surface area contributed by atoms with Crippen LogP contribution in [0.3, 0.4) is 0 Å². The van der Waals surface area contributed by atoms with E-state index in [1.165, 1.54) is 6.07 Å². The van der Waals surface area contributed by atoms with Gasteiger partial charge in [-0.2, -0.15) is 0 Å². The number of benzene rings is 2. The maximum absolute atomic E-state index is 14.0. The molecule has 1 aliphatic heterocycles. The van der Waals surface area contributed by atoms with E-state index in [4.69, 9.17) is 22.1 Å². The van der Waals surface area contributed by atoms with E-state index in [1.807, 2.05) is 25.1 Å². The maximum Gasteiger partial charge on any atom is 0.131 e. The van der Waals surface area contributed by atoms with E-state index in [9.17, 15) is 4.39 Å². The van der Waals surface area contributed by atoms with Crippen molar-refractivity contribution in [3.05, 3.63) is 63.9 Å². The normalized spacial score (nSPS) is 21.2. The van der Waals surface area contributed by atoms with E-state index in [1.54, 1.807) is 12.1 Å². The third-order valence-electron chi connectivity index (χ3n) is 3.62. The molecule has 2 nitrogen and oxygen atoms in total. The van der Waals surface area contributed by atoms with Crippen molar-refractivity contribution in [3.8, 4) is 5.75 Å². The highest BCUT2D eigenvalue weighted by Gasteiger charge is 2.30. The molecule has 0 bridgehead atoms. The Hall–Kier alpha value is -1.58. The van der Waals surface area contributed by atoms with Crippen molar-refractivity contribution in [2.24, 2.45) is 5.73 Å². The number of aryl methyl sites for hydroxylation is 1. The van der Waals surface area contributed by atoms with E-state index in [-0.39, 0.29) is 11.9 Å². The second-order valence-electron chi connectivity index (χ2n) is 5.13. The van der Waals surface area contributed by atoms with Crippen LogP contribution in [0.25, 0.3) is 0 Å². The van der Waals surface area contributed by atoms with Gasteiger partial charge in [0.05, 0.1) is 5.02 Å². The zero-order chi connectivity index (χ0) is 14.3. The second-order valence-corrected chi connectivity index (χ2v) is 5.53. The van der Waals surface area contributed by atoms with Gasteiger partial charge in [-0.15, -0.1) is 0 Å². The highest BCUT2D eigenvalue weighted by atomic mass is 35.5. The molecule has 0 saturated carbocycles. The topological polar surface area (TPSA) is 35.2 Å². The first kappa shape index (κ1) is 13.4. The molecule has 2 aromatic rings. The average molecular weight is 292 g/mol. The van der Waals surface area contributed by atoms with Gasteiger partial charge in [0, 0.05) is 23.6 Å². The standard InChI is InChI=1S/C16H15ClFNO/c1-9-5-6-14-10(7-9)13(19)8-15(20-14)16-11(17)3-2-4-12(16)18/h2-7,13,15H,8,19H2,1H3. The SMILES string of the molecule is Cc1ccc2c(c1)C(N)CC(c1c(F)cccc1Cl)O2. The molecule has 104 valence electrons. The fourth-order valence-corrected chi connectivity index (χ4v) is 2.90. The van der Waals surface area contributed by atoms with Gasteiger partial charge in [-0.1, -0.05) is 35.4 Å². The molecule has 2 atom stereocenters. The largest absolute Gasteiger partial charge is 0.485 e. The van der Waals surface area contributed by atoms with Crippen LogP contribution in [0.4, 0.5) is 4.39 Å². The molecule has 0 amide bonds. The van der Waals surface area contributed by atoms with Crippen LogP contribution in [0.1, 0.15) is 35.3 Å². The fraction of sp³-hybridized carbons (Fsp3) is 0.250. The number of hydrogen-bond donors (Lipinski definition) is 1. The summed E-state index contributed by atoms with van der Waals surface area (Å²) in [6.07, 6.45) is 0.0609. The minimum atomic E-state index is -0.450. The molecule has 1 aliphatic rings. The van der Waals surface area contributed by atoms with Gasteiger partial charge in [-0.3, -0.25) is 0 Å². The molecule has 0 fully saturated rings. The molecule has 0 saturated heterocycles. The number of halogens is 2. The van der Waals surface area contributed by atoms with Gasteiger partial charge in [0.1, 0.15) is 17.7 Å². The van der Waals surface area contributed by atoms with Crippen molar-refractivity contribution >= 4 is 11.6 Å². The molecule has 3 rings (SSSR count). The molecule has 0 aromatic heterocycles. The lowest BCUT2D eigenvalue weighted by molar-refractivity contribution is 0.157. The third kappa shape index (κ3) is 2.28. The monoisotopic (exact) mass is 291 g/mol. The number of fused-ring (bicyclic) bond motifs is 1. The Kier molecular flexibility index (Phi) is 3.40. The van der Waals surface area contributed by atoms with Gasteiger partial charge in [-0.25, -0.2) is 4.39 Å². The number of hydrogen-bond acceptors (Lipinski definition) is 2. The first-order valence-corrected chi connectivity index (χ1v) is 6.90. The second kappa shape index (κ2) is 5.08. The zero-order valence-corrected chi connectivity index (χ0v) is 11.8. The molecule has 20 heavy (non-hydrogen) atoms. The van der Waals surface area contributed by atoms with Crippen molar-refractivity contribution in [1.29, 1.82) is 0 Å². The van der Waals surface area contributed by atoms with E-state index in [0.717, 1.165) is 11.1 Å². The summed E-state index contributed by atoms with van der Waals surface area (Å²) < 4.78 is 19.9. The minimum absolute atomic E-state index is 0.181. The van der Waals surface area contributed by atoms with Crippen LogP contribution in [0.15, 0.2) is 36.4 Å². The Morgan fingerprint density at radius 1 is 1.30 bits per heavy atom. The van der Waals surface area contributed by atoms with Crippen LogP contribution in [0.5, 0.6) is 5.75 Å². The van der Waals surface area contributed by atoms with E-state index < -0.39 is 6.10 Å². The molecule has 0 spiro atoms. The van der Waals surface area contributed by atoms with Gasteiger partial charge in [0.15, 0.2) is 0 Å². The summed E-state index contributed by atoms with van der Waals surface area (Å²) in [5.41, 5.74) is 8.68. The molecule has 0 aliphatic carbocycles. The summed E-state index contributed by atoms with van der Waals surface area (Å²) in [4.78, 5) is 0. The first-order valence-electron chi connectivity index (χ1n) is 6.53. The smallest absolute Gasteiger partial charge is 0.131 e. The van der Waals surface area contributed by atoms with Gasteiger partial charge in [0.25, 0.3) is 0 Å². The lowest BCUT2D eigenvalue weighted by Crippen LogP contribution is -2.25. The predicted molar refractivity (Wildman–Crippen MR) is 77.5 cm³/mol. The van der Waals surface area contributed by atoms with Crippen molar-refractivity contribution in [1.82, 2.24) is 0 Å². The molecule has 4 heteroatoms. The lowest BCUT2D eigenvalue weighted by atomic mass is 9.92. The first-order chi connectivity index (χ1) is 9.56. The molecule has 1 heterocycles. The zero-order valence-electron chi connectivity index (χ0n) is 11.1. The Balaban J connectivity index is 2.01. The van der Waals surface area contributed by atoms with Crippen molar-refractivity contribution in [2.45, 2.75) is 25.5 Å². The number of nitrogens with two attached hydrogens (primary N) is 1. The summed E-state index contributed by atoms with van der Waals surface area (Å²) in [7, 11) is 0. The van der Waals surface area contributed by atoms with Crippen molar-refractivity contribution < 1.29 is 9.13 Å². The Bertz CT molecular complexity index is 639. The molecule has 2 unspecified atom stereocenters. The van der Waals surface area contributed by atoms with Crippen LogP contribution in [0, 0.1) is 12.7 Å². The van der Waals surface area contributed by atoms with Crippen LogP contribution in [-0.2, 0) is 0 Å². The molecular formula is C16H15ClFNO. The Morgan fingerprint density at radius 3 is 2.85 bits per heavy atom. The molecular weight excluding hydrogens is 277 g/mol. The lowest BCUT2D eigenvalue weighted by Gasteiger charge is -2.31. The van der Waals surface area contributed by atoms with Crippen LogP contribution in [0.2, 0.25) is 5.02 Å². The fourth-order valence-electron chi connectivity index (χ4n) is 2.62. The summed E-state index contributed by atoms with van der Waals surface area (Å²) in [6, 6.07) is 10.3. The van der Waals surface area contributed by atoms with Gasteiger partial charge < -0.3 is 10.5 Å². The highest BCUT2D eigenvalue weighted by Crippen LogP contribution is 2.42. The predicted octanol–water partition coefficient (Wildman–Crippen LogP) is 4.31. The Morgan fingerprint density at radius 2 is 2.10 bits per heavy atom. The van der Waals surface area contributed by atoms with E-state index in [2.05, 4.69) is 0 Å². The summed E-state index contributed by atoms with van der Waals surface area (Å²) in [5, 5.41) is 0.373. The van der Waals surface area contributed by atoms with E-state index >= 15 is 0 Å². The average Bonchev–Trinajstić information content (AvgIpc) is 2.39. The third-order valence-corrected chi connectivity index (χ3v) is 3.95. The van der Waals surface area contributed by atoms with Gasteiger partial charge in [0.2, 0.25) is 0 Å². The molecule has 0 radical (unpaired) electrons. The Labute approximate surface area is 122 Å².